The molecule has 4 nitrogen and oxygen atoms in total. The summed E-state index contributed by atoms with van der Waals surface area (Å²) in [4.78, 5) is 12.7. The van der Waals surface area contributed by atoms with Gasteiger partial charge in [0, 0.05) is 5.56 Å². The molecule has 0 aliphatic rings. The van der Waals surface area contributed by atoms with Gasteiger partial charge in [-0.1, -0.05) is 0 Å². The molecule has 2 aromatic rings. The van der Waals surface area contributed by atoms with Crippen LogP contribution in [0.1, 0.15) is 11.6 Å². The van der Waals surface area contributed by atoms with Gasteiger partial charge in [-0.05, 0) is 24.3 Å². The van der Waals surface area contributed by atoms with Gasteiger partial charge in [0.15, 0.2) is 5.82 Å². The van der Waals surface area contributed by atoms with E-state index >= 15 is 0 Å². The lowest BCUT2D eigenvalue weighted by Crippen LogP contribution is -2.02. The Morgan fingerprint density at radius 2 is 1.50 bits per heavy atom. The first-order chi connectivity index (χ1) is 8.76. The Morgan fingerprint density at radius 3 is 1.94 bits per heavy atom. The molecule has 0 fully saturated rings. The van der Waals surface area contributed by atoms with Crippen molar-refractivity contribution >= 4 is 23.2 Å². The predicted molar refractivity (Wildman–Crippen MR) is 70.9 cm³/mol. The Hall–Kier alpha value is -1.39. The highest BCUT2D eigenvalue weighted by molar-refractivity contribution is 6.17. The van der Waals surface area contributed by atoms with Crippen molar-refractivity contribution < 1.29 is 4.74 Å². The molecule has 1 heterocycles. The molecule has 0 N–H and O–H groups in total. The molecule has 0 unspecified atom stereocenters. The Morgan fingerprint density at radius 1 is 0.944 bits per heavy atom. The van der Waals surface area contributed by atoms with E-state index in [1.54, 1.807) is 7.11 Å². The van der Waals surface area contributed by atoms with Crippen molar-refractivity contribution in [2.75, 3.05) is 7.11 Å². The summed E-state index contributed by atoms with van der Waals surface area (Å²) in [5, 5.41) is 0. The minimum Gasteiger partial charge on any atom is -0.497 e. The largest absolute Gasteiger partial charge is 0.497 e. The number of aromatic nitrogens is 3. The summed E-state index contributed by atoms with van der Waals surface area (Å²) in [6, 6.07) is 7.45. The number of alkyl halides is 2. The molecule has 1 aromatic heterocycles. The van der Waals surface area contributed by atoms with Crippen LogP contribution in [0.4, 0.5) is 0 Å². The van der Waals surface area contributed by atoms with Crippen molar-refractivity contribution in [3.05, 3.63) is 35.9 Å². The van der Waals surface area contributed by atoms with E-state index < -0.39 is 0 Å². The molecule has 0 atom stereocenters. The molecule has 0 aliphatic carbocycles. The number of ether oxygens (including phenoxy) is 1. The minimum absolute atomic E-state index is 0.232. The van der Waals surface area contributed by atoms with Crippen molar-refractivity contribution in [2.45, 2.75) is 11.8 Å². The molecule has 0 aliphatic heterocycles. The first-order valence-corrected chi connectivity index (χ1v) is 6.34. The van der Waals surface area contributed by atoms with Gasteiger partial charge < -0.3 is 4.74 Å². The summed E-state index contributed by atoms with van der Waals surface area (Å²) >= 11 is 11.5. The third kappa shape index (κ3) is 2.89. The second kappa shape index (κ2) is 5.98. The molecular weight excluding hydrogens is 273 g/mol. The standard InChI is InChI=1S/C12H11Cl2N3O/c1-18-9-4-2-8(3-5-9)12-16-10(6-13)15-11(7-14)17-12/h2-5H,6-7H2,1H3. The van der Waals surface area contributed by atoms with Crippen molar-refractivity contribution in [3.8, 4) is 17.1 Å². The minimum atomic E-state index is 0.232. The van der Waals surface area contributed by atoms with E-state index in [1.165, 1.54) is 0 Å². The molecule has 0 saturated carbocycles. The molecule has 0 radical (unpaired) electrons. The average molecular weight is 284 g/mol. The van der Waals surface area contributed by atoms with Gasteiger partial charge in [0.2, 0.25) is 0 Å². The molecule has 0 saturated heterocycles. The number of hydrogen-bond donors (Lipinski definition) is 0. The van der Waals surface area contributed by atoms with Gasteiger partial charge in [-0.2, -0.15) is 0 Å². The van der Waals surface area contributed by atoms with Crippen LogP contribution in [0.5, 0.6) is 5.75 Å². The van der Waals surface area contributed by atoms with Crippen LogP contribution in [-0.4, -0.2) is 22.1 Å². The van der Waals surface area contributed by atoms with Gasteiger partial charge in [-0.15, -0.1) is 23.2 Å². The molecular formula is C12H11Cl2N3O. The van der Waals surface area contributed by atoms with Crippen LogP contribution in [0.3, 0.4) is 0 Å². The highest BCUT2D eigenvalue weighted by atomic mass is 35.5. The van der Waals surface area contributed by atoms with Crippen molar-refractivity contribution in [1.29, 1.82) is 0 Å². The highest BCUT2D eigenvalue weighted by Gasteiger charge is 2.07. The smallest absolute Gasteiger partial charge is 0.163 e. The topological polar surface area (TPSA) is 47.9 Å². The maximum atomic E-state index is 5.75. The fourth-order valence-corrected chi connectivity index (χ4v) is 1.70. The van der Waals surface area contributed by atoms with E-state index in [1.807, 2.05) is 24.3 Å². The average Bonchev–Trinajstić information content (AvgIpc) is 2.46. The molecule has 0 bridgehead atoms. The Bertz CT molecular complexity index is 509. The lowest BCUT2D eigenvalue weighted by Gasteiger charge is -2.05. The third-order valence-electron chi connectivity index (χ3n) is 2.32. The summed E-state index contributed by atoms with van der Waals surface area (Å²) in [6.45, 7) is 0. The van der Waals surface area contributed by atoms with Crippen LogP contribution in [0.2, 0.25) is 0 Å². The zero-order valence-corrected chi connectivity index (χ0v) is 11.2. The summed E-state index contributed by atoms with van der Waals surface area (Å²) < 4.78 is 5.10. The Balaban J connectivity index is 2.41. The summed E-state index contributed by atoms with van der Waals surface area (Å²) in [6.07, 6.45) is 0. The van der Waals surface area contributed by atoms with Gasteiger partial charge in [-0.3, -0.25) is 0 Å². The van der Waals surface area contributed by atoms with E-state index in [-0.39, 0.29) is 11.8 Å². The van der Waals surface area contributed by atoms with Gasteiger partial charge >= 0.3 is 0 Å². The van der Waals surface area contributed by atoms with Crippen molar-refractivity contribution in [3.63, 3.8) is 0 Å². The number of rotatable bonds is 4. The van der Waals surface area contributed by atoms with Crippen LogP contribution in [0, 0.1) is 0 Å². The zero-order valence-electron chi connectivity index (χ0n) is 9.73. The zero-order chi connectivity index (χ0) is 13.0. The Labute approximate surface area is 115 Å². The number of halogens is 2. The highest BCUT2D eigenvalue weighted by Crippen LogP contribution is 2.19. The van der Waals surface area contributed by atoms with Gasteiger partial charge in [-0.25, -0.2) is 15.0 Å². The van der Waals surface area contributed by atoms with Gasteiger partial charge in [0.1, 0.15) is 17.4 Å². The quantitative estimate of drug-likeness (QED) is 0.810. The van der Waals surface area contributed by atoms with Crippen LogP contribution < -0.4 is 4.74 Å². The number of nitrogens with zero attached hydrogens (tertiary/aromatic N) is 3. The Kier molecular flexibility index (Phi) is 4.33. The van der Waals surface area contributed by atoms with Crippen LogP contribution in [0.25, 0.3) is 11.4 Å². The SMILES string of the molecule is COc1ccc(-c2nc(CCl)nc(CCl)n2)cc1. The lowest BCUT2D eigenvalue weighted by atomic mass is 10.2. The monoisotopic (exact) mass is 283 g/mol. The van der Waals surface area contributed by atoms with Crippen LogP contribution in [0.15, 0.2) is 24.3 Å². The second-order valence-electron chi connectivity index (χ2n) is 3.49. The van der Waals surface area contributed by atoms with E-state index in [2.05, 4.69) is 15.0 Å². The first-order valence-electron chi connectivity index (χ1n) is 5.27. The molecule has 1 aromatic carbocycles. The fourth-order valence-electron chi connectivity index (χ4n) is 1.46. The van der Waals surface area contributed by atoms with Crippen molar-refractivity contribution in [2.24, 2.45) is 0 Å². The molecule has 6 heteroatoms. The van der Waals surface area contributed by atoms with E-state index in [0.29, 0.717) is 17.5 Å². The van der Waals surface area contributed by atoms with Crippen LogP contribution >= 0.6 is 23.2 Å². The normalized spacial score (nSPS) is 10.4. The van der Waals surface area contributed by atoms with Gasteiger partial charge in [0.25, 0.3) is 0 Å². The molecule has 0 amide bonds. The van der Waals surface area contributed by atoms with Crippen LogP contribution in [-0.2, 0) is 11.8 Å². The first kappa shape index (κ1) is 13.1. The molecule has 2 rings (SSSR count). The summed E-state index contributed by atoms with van der Waals surface area (Å²) in [7, 11) is 1.62. The summed E-state index contributed by atoms with van der Waals surface area (Å²) in [5.74, 6) is 2.86. The third-order valence-corrected chi connectivity index (χ3v) is 2.79. The van der Waals surface area contributed by atoms with Gasteiger partial charge in [0.05, 0.1) is 18.9 Å². The predicted octanol–water partition coefficient (Wildman–Crippen LogP) is 3.02. The molecule has 0 spiro atoms. The van der Waals surface area contributed by atoms with E-state index in [9.17, 15) is 0 Å². The van der Waals surface area contributed by atoms with Crippen molar-refractivity contribution in [1.82, 2.24) is 15.0 Å². The van der Waals surface area contributed by atoms with E-state index in [0.717, 1.165) is 11.3 Å². The fraction of sp³-hybridized carbons (Fsp3) is 0.250. The number of hydrogen-bond acceptors (Lipinski definition) is 4. The maximum Gasteiger partial charge on any atom is 0.163 e. The molecule has 18 heavy (non-hydrogen) atoms. The number of methoxy groups -OCH3 is 1. The number of benzene rings is 1. The summed E-state index contributed by atoms with van der Waals surface area (Å²) in [5.41, 5.74) is 0.871. The molecule has 94 valence electrons. The maximum absolute atomic E-state index is 5.75. The van der Waals surface area contributed by atoms with E-state index in [4.69, 9.17) is 27.9 Å². The second-order valence-corrected chi connectivity index (χ2v) is 4.02. The lowest BCUT2D eigenvalue weighted by molar-refractivity contribution is 0.415.